The molecule has 0 radical (unpaired) electrons. The molecule has 0 aliphatic carbocycles. The quantitative estimate of drug-likeness (QED) is 0.572. The highest BCUT2D eigenvalue weighted by atomic mass is 35.5. The van der Waals surface area contributed by atoms with Crippen LogP contribution in [-0.2, 0) is 4.74 Å². The Morgan fingerprint density at radius 3 is 2.58 bits per heavy atom. The number of rotatable bonds is 7. The maximum absolute atomic E-state index is 13.3. The van der Waals surface area contributed by atoms with Gasteiger partial charge in [0, 0.05) is 56.2 Å². The van der Waals surface area contributed by atoms with E-state index in [-0.39, 0.29) is 12.5 Å². The fourth-order valence-corrected chi connectivity index (χ4v) is 4.19. The van der Waals surface area contributed by atoms with Crippen LogP contribution in [0.5, 0.6) is 0 Å². The number of aromatic nitrogens is 1. The summed E-state index contributed by atoms with van der Waals surface area (Å²) in [4.78, 5) is 21.8. The average molecular weight is 440 g/mol. The molecule has 1 saturated heterocycles. The van der Waals surface area contributed by atoms with Gasteiger partial charge in [0.05, 0.1) is 24.8 Å². The van der Waals surface area contributed by atoms with Gasteiger partial charge >= 0.3 is 0 Å². The Morgan fingerprint density at radius 1 is 1.03 bits per heavy atom. The van der Waals surface area contributed by atoms with Crippen molar-refractivity contribution in [3.8, 4) is 11.1 Å². The van der Waals surface area contributed by atoms with E-state index in [1.165, 1.54) is 0 Å². The molecule has 1 N–H and O–H groups in total. The van der Waals surface area contributed by atoms with E-state index in [1.54, 1.807) is 12.4 Å². The van der Waals surface area contributed by atoms with Gasteiger partial charge in [0.25, 0.3) is 5.91 Å². The fourth-order valence-electron chi connectivity index (χ4n) is 4.01. The second-order valence-electron chi connectivity index (χ2n) is 7.57. The smallest absolute Gasteiger partial charge is 0.254 e. The lowest BCUT2D eigenvalue weighted by molar-refractivity contribution is 0.0487. The van der Waals surface area contributed by atoms with Crippen molar-refractivity contribution >= 4 is 28.3 Å². The van der Waals surface area contributed by atoms with Crippen LogP contribution in [0, 0.1) is 0 Å². The number of piperazine rings is 1. The zero-order chi connectivity index (χ0) is 21.6. The lowest BCUT2D eigenvalue weighted by Crippen LogP contribution is -2.49. The van der Waals surface area contributed by atoms with E-state index in [4.69, 9.17) is 21.4 Å². The van der Waals surface area contributed by atoms with Crippen molar-refractivity contribution in [3.05, 3.63) is 65.4 Å². The van der Waals surface area contributed by atoms with Crippen molar-refractivity contribution in [2.75, 3.05) is 52.5 Å². The fraction of sp³-hybridized carbons (Fsp3) is 0.333. The van der Waals surface area contributed by atoms with Crippen molar-refractivity contribution in [1.82, 2.24) is 14.8 Å². The Bertz CT molecular complexity index is 1050. The second kappa shape index (κ2) is 10.2. The van der Waals surface area contributed by atoms with Crippen LogP contribution in [0.1, 0.15) is 10.4 Å². The summed E-state index contributed by atoms with van der Waals surface area (Å²) in [6, 6.07) is 13.8. The minimum atomic E-state index is 0.0445. The first-order valence-electron chi connectivity index (χ1n) is 10.5. The van der Waals surface area contributed by atoms with Crippen molar-refractivity contribution in [3.63, 3.8) is 0 Å². The summed E-state index contributed by atoms with van der Waals surface area (Å²) < 4.78 is 5.35. The Labute approximate surface area is 187 Å². The maximum atomic E-state index is 13.3. The number of amides is 1. The maximum Gasteiger partial charge on any atom is 0.254 e. The van der Waals surface area contributed by atoms with E-state index in [0.717, 1.165) is 41.5 Å². The lowest BCUT2D eigenvalue weighted by atomic mass is 9.96. The first-order valence-corrected chi connectivity index (χ1v) is 10.9. The molecule has 1 aliphatic heterocycles. The molecular weight excluding hydrogens is 414 g/mol. The predicted octanol–water partition coefficient (Wildman–Crippen LogP) is 3.32. The average Bonchev–Trinajstić information content (AvgIpc) is 2.81. The molecule has 2 aromatic carbocycles. The van der Waals surface area contributed by atoms with E-state index in [0.29, 0.717) is 36.9 Å². The number of ether oxygens (including phenoxy) is 1. The van der Waals surface area contributed by atoms with Crippen molar-refractivity contribution in [2.45, 2.75) is 0 Å². The number of pyridine rings is 1. The molecule has 0 atom stereocenters. The summed E-state index contributed by atoms with van der Waals surface area (Å²) in [5.41, 5.74) is 2.66. The van der Waals surface area contributed by atoms with Gasteiger partial charge in [-0.25, -0.2) is 0 Å². The van der Waals surface area contributed by atoms with Crippen LogP contribution in [0.15, 0.2) is 54.9 Å². The summed E-state index contributed by atoms with van der Waals surface area (Å²) in [6.45, 7) is 4.83. The molecule has 0 spiro atoms. The second-order valence-corrected chi connectivity index (χ2v) is 8.00. The van der Waals surface area contributed by atoms with Crippen LogP contribution < -0.4 is 0 Å². The van der Waals surface area contributed by atoms with Gasteiger partial charge in [0.15, 0.2) is 0 Å². The van der Waals surface area contributed by atoms with Crippen molar-refractivity contribution < 1.29 is 14.6 Å². The lowest BCUT2D eigenvalue weighted by Gasteiger charge is -2.34. The molecule has 0 bridgehead atoms. The van der Waals surface area contributed by atoms with Gasteiger partial charge in [-0.1, -0.05) is 41.9 Å². The highest BCUT2D eigenvalue weighted by Gasteiger charge is 2.23. The largest absolute Gasteiger partial charge is 0.394 e. The van der Waals surface area contributed by atoms with Crippen LogP contribution in [0.2, 0.25) is 5.02 Å². The number of nitrogens with zero attached hydrogens (tertiary/aromatic N) is 3. The summed E-state index contributed by atoms with van der Waals surface area (Å²) in [5.74, 6) is 0.0585. The minimum Gasteiger partial charge on any atom is -0.394 e. The number of benzene rings is 2. The van der Waals surface area contributed by atoms with Gasteiger partial charge in [-0.05, 0) is 28.5 Å². The van der Waals surface area contributed by atoms with Crippen LogP contribution in [0.4, 0.5) is 0 Å². The third kappa shape index (κ3) is 5.05. The Hall–Kier alpha value is -2.51. The minimum absolute atomic E-state index is 0.0445. The Morgan fingerprint density at radius 2 is 1.81 bits per heavy atom. The SMILES string of the molecule is O=C(c1cccc2c(-c3cncc(Cl)c3)cccc12)N1CCN(CCOCCO)CC1. The molecule has 4 rings (SSSR count). The molecule has 0 saturated carbocycles. The number of carbonyl (C=O) groups is 1. The standard InChI is InChI=1S/C24H26ClN3O3/c25-19-15-18(16-26-17-19)20-3-1-5-22-21(20)4-2-6-23(22)24(30)28-9-7-27(8-10-28)11-13-31-14-12-29/h1-6,15-17,29H,7-14H2. The van der Waals surface area contributed by atoms with Gasteiger partial charge in [-0.3, -0.25) is 14.7 Å². The number of hydrogen-bond donors (Lipinski definition) is 1. The van der Waals surface area contributed by atoms with Gasteiger partial charge in [0.1, 0.15) is 0 Å². The Balaban J connectivity index is 1.51. The number of carbonyl (C=O) groups excluding carboxylic acids is 1. The van der Waals surface area contributed by atoms with Gasteiger partial charge in [-0.15, -0.1) is 0 Å². The summed E-state index contributed by atoms with van der Waals surface area (Å²) in [5, 5.41) is 11.3. The van der Waals surface area contributed by atoms with E-state index in [1.807, 2.05) is 47.4 Å². The molecule has 31 heavy (non-hydrogen) atoms. The van der Waals surface area contributed by atoms with Crippen LogP contribution >= 0.6 is 11.6 Å². The topological polar surface area (TPSA) is 65.9 Å². The van der Waals surface area contributed by atoms with E-state index >= 15 is 0 Å². The van der Waals surface area contributed by atoms with E-state index in [2.05, 4.69) is 9.88 Å². The third-order valence-corrected chi connectivity index (χ3v) is 5.82. The first kappa shape index (κ1) is 21.7. The summed E-state index contributed by atoms with van der Waals surface area (Å²) in [7, 11) is 0. The summed E-state index contributed by atoms with van der Waals surface area (Å²) in [6.07, 6.45) is 3.40. The normalized spacial score (nSPS) is 14.8. The molecule has 1 aliphatic rings. The number of aliphatic hydroxyl groups is 1. The predicted molar refractivity (Wildman–Crippen MR) is 122 cm³/mol. The van der Waals surface area contributed by atoms with Gasteiger partial charge in [0.2, 0.25) is 0 Å². The zero-order valence-electron chi connectivity index (χ0n) is 17.3. The molecule has 1 amide bonds. The number of hydrogen-bond acceptors (Lipinski definition) is 5. The molecule has 1 fully saturated rings. The molecule has 6 nitrogen and oxygen atoms in total. The van der Waals surface area contributed by atoms with Crippen LogP contribution in [0.25, 0.3) is 21.9 Å². The molecule has 7 heteroatoms. The molecule has 0 unspecified atom stereocenters. The first-order chi connectivity index (χ1) is 15.2. The van der Waals surface area contributed by atoms with Crippen LogP contribution in [-0.4, -0.2) is 78.3 Å². The van der Waals surface area contributed by atoms with Crippen molar-refractivity contribution in [1.29, 1.82) is 0 Å². The van der Waals surface area contributed by atoms with Gasteiger partial charge < -0.3 is 14.7 Å². The van der Waals surface area contributed by atoms with Crippen LogP contribution in [0.3, 0.4) is 0 Å². The molecule has 162 valence electrons. The van der Waals surface area contributed by atoms with E-state index < -0.39 is 0 Å². The zero-order valence-corrected chi connectivity index (χ0v) is 18.1. The number of halogens is 1. The molecule has 1 aromatic heterocycles. The molecule has 3 aromatic rings. The molecule has 2 heterocycles. The third-order valence-electron chi connectivity index (χ3n) is 5.62. The highest BCUT2D eigenvalue weighted by molar-refractivity contribution is 6.30. The van der Waals surface area contributed by atoms with E-state index in [9.17, 15) is 4.79 Å². The van der Waals surface area contributed by atoms with Crippen molar-refractivity contribution in [2.24, 2.45) is 0 Å². The highest BCUT2D eigenvalue weighted by Crippen LogP contribution is 2.31. The molecular formula is C24H26ClN3O3. The monoisotopic (exact) mass is 439 g/mol. The Kier molecular flexibility index (Phi) is 7.14. The number of aliphatic hydroxyl groups excluding tert-OH is 1. The number of fused-ring (bicyclic) bond motifs is 1. The summed E-state index contributed by atoms with van der Waals surface area (Å²) >= 11 is 6.14. The van der Waals surface area contributed by atoms with Gasteiger partial charge in [-0.2, -0.15) is 0 Å².